The number of rotatable bonds is 3. The molecule has 0 fully saturated rings. The van der Waals surface area contributed by atoms with Crippen LogP contribution in [0.5, 0.6) is 0 Å². The standard InChI is InChI=1S/C20H22N2O4/c1-12-10-17(14-6-4-5-7-18(14)22(12)13(2)24)21-16-8-9-19(25)20(26-3)15(16)11-23/h4-9,12,16-17,21,25H,10H2,1-3H3. The molecular formula is C20H22N2O4. The number of benzene rings is 1. The third-order valence-corrected chi connectivity index (χ3v) is 4.86. The Hall–Kier alpha value is -2.82. The van der Waals surface area contributed by atoms with Crippen molar-refractivity contribution < 1.29 is 19.4 Å². The van der Waals surface area contributed by atoms with Gasteiger partial charge in [-0.15, -0.1) is 0 Å². The smallest absolute Gasteiger partial charge is 0.224 e. The van der Waals surface area contributed by atoms with E-state index < -0.39 is 6.04 Å². The molecule has 0 saturated heterocycles. The maximum atomic E-state index is 12.1. The Morgan fingerprint density at radius 2 is 2.12 bits per heavy atom. The third-order valence-electron chi connectivity index (χ3n) is 4.86. The fraction of sp³-hybridized carbons (Fsp3) is 0.350. The van der Waals surface area contributed by atoms with E-state index in [-0.39, 0.29) is 35.1 Å². The highest BCUT2D eigenvalue weighted by atomic mass is 16.5. The molecular weight excluding hydrogens is 332 g/mol. The van der Waals surface area contributed by atoms with Crippen LogP contribution < -0.4 is 10.2 Å². The number of nitrogens with one attached hydrogen (secondary N) is 1. The third kappa shape index (κ3) is 3.05. The first-order valence-electron chi connectivity index (χ1n) is 8.53. The van der Waals surface area contributed by atoms with Gasteiger partial charge in [0.2, 0.25) is 5.91 Å². The zero-order valence-electron chi connectivity index (χ0n) is 15.0. The Kier molecular flexibility index (Phi) is 4.98. The molecule has 6 nitrogen and oxygen atoms in total. The largest absolute Gasteiger partial charge is 0.504 e. The number of carbonyl (C=O) groups is 1. The van der Waals surface area contributed by atoms with Gasteiger partial charge in [-0.25, -0.2) is 4.79 Å². The lowest BCUT2D eigenvalue weighted by Gasteiger charge is -2.40. The van der Waals surface area contributed by atoms with E-state index in [9.17, 15) is 14.7 Å². The van der Waals surface area contributed by atoms with Crippen molar-refractivity contribution >= 4 is 17.5 Å². The highest BCUT2D eigenvalue weighted by Crippen LogP contribution is 2.38. The number of amides is 1. The van der Waals surface area contributed by atoms with E-state index in [1.807, 2.05) is 37.1 Å². The Morgan fingerprint density at radius 1 is 1.38 bits per heavy atom. The maximum absolute atomic E-state index is 12.1. The molecule has 0 aromatic heterocycles. The van der Waals surface area contributed by atoms with Crippen LogP contribution in [0.25, 0.3) is 0 Å². The summed E-state index contributed by atoms with van der Waals surface area (Å²) < 4.78 is 5.15. The molecule has 0 bridgehead atoms. The van der Waals surface area contributed by atoms with E-state index in [0.29, 0.717) is 6.42 Å². The van der Waals surface area contributed by atoms with Crippen LogP contribution in [0.1, 0.15) is 31.9 Å². The van der Waals surface area contributed by atoms with E-state index in [4.69, 9.17) is 4.74 Å². The van der Waals surface area contributed by atoms with E-state index in [1.54, 1.807) is 17.9 Å². The second-order valence-electron chi connectivity index (χ2n) is 6.52. The van der Waals surface area contributed by atoms with E-state index in [2.05, 4.69) is 5.32 Å². The fourth-order valence-corrected chi connectivity index (χ4v) is 3.77. The van der Waals surface area contributed by atoms with Crippen molar-refractivity contribution in [1.82, 2.24) is 5.32 Å². The summed E-state index contributed by atoms with van der Waals surface area (Å²) in [5, 5.41) is 13.3. The van der Waals surface area contributed by atoms with Gasteiger partial charge in [0.1, 0.15) is 11.5 Å². The number of aliphatic hydroxyl groups is 1. The first-order valence-corrected chi connectivity index (χ1v) is 8.53. The van der Waals surface area contributed by atoms with Crippen LogP contribution >= 0.6 is 0 Å². The number of aliphatic hydroxyl groups excluding tert-OH is 1. The Labute approximate surface area is 152 Å². The highest BCUT2D eigenvalue weighted by Gasteiger charge is 2.34. The molecule has 1 amide bonds. The molecule has 3 rings (SSSR count). The lowest BCUT2D eigenvalue weighted by Crippen LogP contribution is -2.46. The minimum absolute atomic E-state index is 0.00367. The van der Waals surface area contributed by atoms with Gasteiger partial charge in [-0.05, 0) is 31.1 Å². The topological polar surface area (TPSA) is 78.9 Å². The molecule has 0 radical (unpaired) electrons. The van der Waals surface area contributed by atoms with Gasteiger partial charge < -0.3 is 14.7 Å². The summed E-state index contributed by atoms with van der Waals surface area (Å²) in [6.07, 6.45) is 3.92. The molecule has 3 atom stereocenters. The first-order chi connectivity index (χ1) is 12.5. The lowest BCUT2D eigenvalue weighted by molar-refractivity contribution is -0.117. The van der Waals surface area contributed by atoms with Crippen molar-refractivity contribution in [3.05, 3.63) is 59.1 Å². The second kappa shape index (κ2) is 7.20. The summed E-state index contributed by atoms with van der Waals surface area (Å²) in [6.45, 7) is 3.57. The van der Waals surface area contributed by atoms with Gasteiger partial charge >= 0.3 is 0 Å². The number of anilines is 1. The maximum Gasteiger partial charge on any atom is 0.224 e. The van der Waals surface area contributed by atoms with Gasteiger partial charge in [0.05, 0.1) is 13.2 Å². The summed E-state index contributed by atoms with van der Waals surface area (Å²) in [6, 6.07) is 7.27. The van der Waals surface area contributed by atoms with Crippen LogP contribution in [0.15, 0.2) is 53.5 Å². The average molecular weight is 354 g/mol. The lowest BCUT2D eigenvalue weighted by atomic mass is 9.89. The van der Waals surface area contributed by atoms with Crippen LogP contribution in [0.2, 0.25) is 0 Å². The molecule has 0 spiro atoms. The monoisotopic (exact) mass is 354 g/mol. The van der Waals surface area contributed by atoms with Crippen LogP contribution in [-0.2, 0) is 14.3 Å². The number of nitrogens with zero attached hydrogens (tertiary/aromatic N) is 1. The molecule has 26 heavy (non-hydrogen) atoms. The predicted molar refractivity (Wildman–Crippen MR) is 98.4 cm³/mol. The van der Waals surface area contributed by atoms with Crippen molar-refractivity contribution in [3.8, 4) is 0 Å². The van der Waals surface area contributed by atoms with E-state index in [0.717, 1.165) is 11.3 Å². The Bertz CT molecular complexity index is 836. The summed E-state index contributed by atoms with van der Waals surface area (Å²) in [4.78, 5) is 25.3. The molecule has 0 saturated carbocycles. The second-order valence-corrected chi connectivity index (χ2v) is 6.52. The SMILES string of the molecule is COC1=C(O)C=CC(NC2CC(C)N(C(C)=O)c3ccccc32)C1=C=O. The van der Waals surface area contributed by atoms with Gasteiger partial charge in [0.25, 0.3) is 0 Å². The number of fused-ring (bicyclic) bond motifs is 1. The highest BCUT2D eigenvalue weighted by molar-refractivity contribution is 5.93. The number of para-hydroxylation sites is 1. The van der Waals surface area contributed by atoms with E-state index >= 15 is 0 Å². The Morgan fingerprint density at radius 3 is 2.77 bits per heavy atom. The van der Waals surface area contributed by atoms with Crippen LogP contribution in [0.4, 0.5) is 5.69 Å². The predicted octanol–water partition coefficient (Wildman–Crippen LogP) is 2.57. The number of hydrogen-bond acceptors (Lipinski definition) is 5. The molecule has 2 aliphatic rings. The number of allylic oxidation sites excluding steroid dienone is 1. The quantitative estimate of drug-likeness (QED) is 0.816. The Balaban J connectivity index is 1.94. The number of ether oxygens (including phenoxy) is 1. The average Bonchev–Trinajstić information content (AvgIpc) is 2.62. The number of carbonyl (C=O) groups excluding carboxylic acids is 2. The molecule has 1 aliphatic heterocycles. The van der Waals surface area contributed by atoms with Gasteiger partial charge in [0, 0.05) is 24.7 Å². The van der Waals surface area contributed by atoms with Crippen molar-refractivity contribution in [2.24, 2.45) is 0 Å². The molecule has 1 heterocycles. The first kappa shape index (κ1) is 18.0. The van der Waals surface area contributed by atoms with Crippen molar-refractivity contribution in [3.63, 3.8) is 0 Å². The van der Waals surface area contributed by atoms with Crippen molar-refractivity contribution in [1.29, 1.82) is 0 Å². The summed E-state index contributed by atoms with van der Waals surface area (Å²) in [5.74, 6) is 1.92. The van der Waals surface area contributed by atoms with Crippen LogP contribution in [0, 0.1) is 0 Å². The molecule has 3 unspecified atom stereocenters. The summed E-state index contributed by atoms with van der Waals surface area (Å²) in [7, 11) is 1.40. The molecule has 1 aromatic rings. The minimum Gasteiger partial charge on any atom is -0.504 e. The molecule has 6 heteroatoms. The number of hydrogen-bond donors (Lipinski definition) is 2. The zero-order chi connectivity index (χ0) is 18.8. The molecule has 1 aliphatic carbocycles. The van der Waals surface area contributed by atoms with Crippen molar-refractivity contribution in [2.75, 3.05) is 12.0 Å². The van der Waals surface area contributed by atoms with Crippen LogP contribution in [-0.4, -0.2) is 36.1 Å². The van der Waals surface area contributed by atoms with Gasteiger partial charge in [0.15, 0.2) is 11.5 Å². The summed E-state index contributed by atoms with van der Waals surface area (Å²) in [5.41, 5.74) is 2.10. The molecule has 136 valence electrons. The molecule has 1 aromatic carbocycles. The van der Waals surface area contributed by atoms with Gasteiger partial charge in [-0.1, -0.05) is 24.3 Å². The number of methoxy groups -OCH3 is 1. The normalized spacial score (nSPS) is 25.0. The van der Waals surface area contributed by atoms with Gasteiger partial charge in [-0.3, -0.25) is 10.1 Å². The minimum atomic E-state index is -0.438. The zero-order valence-corrected chi connectivity index (χ0v) is 15.0. The van der Waals surface area contributed by atoms with Gasteiger partial charge in [-0.2, -0.15) is 0 Å². The fourth-order valence-electron chi connectivity index (χ4n) is 3.77. The van der Waals surface area contributed by atoms with Crippen molar-refractivity contribution in [2.45, 2.75) is 38.4 Å². The van der Waals surface area contributed by atoms with E-state index in [1.165, 1.54) is 13.2 Å². The molecule has 2 N–H and O–H groups in total. The van der Waals surface area contributed by atoms with Crippen LogP contribution in [0.3, 0.4) is 0 Å². The summed E-state index contributed by atoms with van der Waals surface area (Å²) >= 11 is 0.